The first kappa shape index (κ1) is 20.1. The number of imide groups is 1. The molecule has 0 saturated carbocycles. The van der Waals surface area contributed by atoms with E-state index in [1.54, 1.807) is 35.2 Å². The van der Waals surface area contributed by atoms with Gasteiger partial charge >= 0.3 is 0 Å². The number of amides is 2. The number of hydrogen-bond donors (Lipinski definition) is 0. The molecule has 5 rings (SSSR count). The van der Waals surface area contributed by atoms with Crippen LogP contribution in [0.3, 0.4) is 0 Å². The molecule has 0 aliphatic carbocycles. The van der Waals surface area contributed by atoms with E-state index in [9.17, 15) is 31.5 Å². The van der Waals surface area contributed by atoms with E-state index in [2.05, 4.69) is 0 Å². The number of hydrogen-bond acceptors (Lipinski definition) is 3. The average Bonchev–Trinajstić information content (AvgIpc) is 3.41. The van der Waals surface area contributed by atoms with Gasteiger partial charge in [-0.3, -0.25) is 19.4 Å². The van der Waals surface area contributed by atoms with Gasteiger partial charge in [0.2, 0.25) is 17.6 Å². The summed E-state index contributed by atoms with van der Waals surface area (Å²) in [4.78, 5) is 29.0. The van der Waals surface area contributed by atoms with Gasteiger partial charge in [0.1, 0.15) is 0 Å². The molecule has 2 aromatic rings. The van der Waals surface area contributed by atoms with Crippen molar-refractivity contribution in [3.8, 4) is 0 Å². The van der Waals surface area contributed by atoms with Gasteiger partial charge in [-0.2, -0.15) is 0 Å². The van der Waals surface area contributed by atoms with Crippen LogP contribution in [0.15, 0.2) is 30.3 Å². The summed E-state index contributed by atoms with van der Waals surface area (Å²) in [5.74, 6) is -13.4. The Hall–Kier alpha value is -2.81. The van der Waals surface area contributed by atoms with Crippen LogP contribution in [0.1, 0.15) is 30.0 Å². The molecule has 2 amide bonds. The lowest BCUT2D eigenvalue weighted by Crippen LogP contribution is -2.39. The molecule has 0 spiro atoms. The zero-order chi connectivity index (χ0) is 22.0. The molecule has 3 fully saturated rings. The van der Waals surface area contributed by atoms with Gasteiger partial charge < -0.3 is 0 Å². The Bertz CT molecular complexity index is 1060. The maximum Gasteiger partial charge on any atom is 0.235 e. The molecule has 0 radical (unpaired) electrons. The summed E-state index contributed by atoms with van der Waals surface area (Å²) in [6, 6.07) is 6.87. The predicted molar refractivity (Wildman–Crippen MR) is 97.7 cm³/mol. The monoisotopic (exact) mass is 436 g/mol. The van der Waals surface area contributed by atoms with Crippen LogP contribution >= 0.6 is 0 Å². The Morgan fingerprint density at radius 2 is 1.39 bits per heavy atom. The van der Waals surface area contributed by atoms with Crippen molar-refractivity contribution in [1.29, 1.82) is 0 Å². The van der Waals surface area contributed by atoms with E-state index < -0.39 is 70.4 Å². The van der Waals surface area contributed by atoms with Gasteiger partial charge in [-0.15, -0.1) is 0 Å². The molecule has 3 aliphatic rings. The molecule has 9 heteroatoms. The Morgan fingerprint density at radius 3 is 2.03 bits per heavy atom. The van der Waals surface area contributed by atoms with Gasteiger partial charge in [0.05, 0.1) is 24.4 Å². The van der Waals surface area contributed by atoms with Crippen LogP contribution < -0.4 is 0 Å². The second-order valence-corrected chi connectivity index (χ2v) is 8.18. The molecular weight excluding hydrogens is 419 g/mol. The highest BCUT2D eigenvalue weighted by atomic mass is 19.2. The van der Waals surface area contributed by atoms with E-state index in [4.69, 9.17) is 0 Å². The minimum Gasteiger partial charge on any atom is -0.292 e. The number of benzene rings is 2. The summed E-state index contributed by atoms with van der Waals surface area (Å²) in [5, 5.41) is 0. The lowest BCUT2D eigenvalue weighted by atomic mass is 9.84. The maximum atomic E-state index is 14.7. The summed E-state index contributed by atoms with van der Waals surface area (Å²) >= 11 is 0. The topological polar surface area (TPSA) is 40.6 Å². The average molecular weight is 436 g/mol. The van der Waals surface area contributed by atoms with Crippen LogP contribution in [0, 0.1) is 40.9 Å². The SMILES string of the molecule is O=C1[C@@H]2[C@H](C(=O)N1Cc1ccccc1)[C@H]1CCCN1[C@@H]2c1c(F)c(F)c(F)c(F)c1F. The number of rotatable bonds is 3. The molecule has 31 heavy (non-hydrogen) atoms. The molecule has 4 atom stereocenters. The van der Waals surface area contributed by atoms with Crippen LogP contribution in [0.4, 0.5) is 22.0 Å². The third kappa shape index (κ3) is 2.75. The van der Waals surface area contributed by atoms with Crippen molar-refractivity contribution in [2.45, 2.75) is 31.5 Å². The zero-order valence-electron chi connectivity index (χ0n) is 16.1. The quantitative estimate of drug-likeness (QED) is 0.319. The predicted octanol–water partition coefficient (Wildman–Crippen LogP) is 3.70. The van der Waals surface area contributed by atoms with E-state index in [-0.39, 0.29) is 6.54 Å². The van der Waals surface area contributed by atoms with Gasteiger partial charge in [-0.25, -0.2) is 22.0 Å². The molecule has 3 saturated heterocycles. The Labute approximate surface area is 174 Å². The molecule has 0 aromatic heterocycles. The van der Waals surface area contributed by atoms with E-state index in [1.165, 1.54) is 0 Å². The van der Waals surface area contributed by atoms with E-state index in [1.807, 2.05) is 0 Å². The number of fused-ring (bicyclic) bond motifs is 3. The molecule has 2 aromatic carbocycles. The lowest BCUT2D eigenvalue weighted by molar-refractivity contribution is -0.142. The fourth-order valence-corrected chi connectivity index (χ4v) is 5.41. The van der Waals surface area contributed by atoms with Crippen LogP contribution in [-0.4, -0.2) is 34.2 Å². The molecular formula is C22H17F5N2O2. The number of halogens is 5. The maximum absolute atomic E-state index is 14.7. The fourth-order valence-electron chi connectivity index (χ4n) is 5.41. The standard InChI is InChI=1S/C22H17F5N2O2/c23-15-14(16(24)18(26)19(27)17(15)25)20-13-12(11-7-4-8-28(11)20)21(30)29(22(13)31)9-10-5-2-1-3-6-10/h1-3,5-6,11-13,20H,4,7-9H2/t11-,12-,13-,20+/m1/s1. The Morgan fingerprint density at radius 1 is 0.806 bits per heavy atom. The first-order chi connectivity index (χ1) is 14.8. The highest BCUT2D eigenvalue weighted by Crippen LogP contribution is 2.54. The van der Waals surface area contributed by atoms with Gasteiger partial charge in [-0.1, -0.05) is 30.3 Å². The van der Waals surface area contributed by atoms with Crippen molar-refractivity contribution >= 4 is 11.8 Å². The summed E-state index contributed by atoms with van der Waals surface area (Å²) in [7, 11) is 0. The third-order valence-electron chi connectivity index (χ3n) is 6.67. The smallest absolute Gasteiger partial charge is 0.235 e. The number of carbonyl (C=O) groups excluding carboxylic acids is 2. The first-order valence-corrected chi connectivity index (χ1v) is 9.99. The highest BCUT2D eigenvalue weighted by Gasteiger charge is 2.64. The van der Waals surface area contributed by atoms with Gasteiger partial charge in [0.25, 0.3) is 0 Å². The lowest BCUT2D eigenvalue weighted by Gasteiger charge is -2.29. The second kappa shape index (κ2) is 7.12. The molecule has 0 bridgehead atoms. The van der Waals surface area contributed by atoms with Crippen LogP contribution in [0.5, 0.6) is 0 Å². The largest absolute Gasteiger partial charge is 0.292 e. The summed E-state index contributed by atoms with van der Waals surface area (Å²) in [6.45, 7) is 0.295. The number of carbonyl (C=O) groups is 2. The molecule has 0 unspecified atom stereocenters. The van der Waals surface area contributed by atoms with Crippen molar-refractivity contribution in [3.63, 3.8) is 0 Å². The normalized spacial score (nSPS) is 27.8. The number of likely N-dealkylation sites (tertiary alicyclic amines) is 1. The van der Waals surface area contributed by atoms with E-state index in [0.29, 0.717) is 24.9 Å². The summed E-state index contributed by atoms with van der Waals surface area (Å²) in [6.07, 6.45) is 1.10. The molecule has 0 N–H and O–H groups in total. The van der Waals surface area contributed by atoms with E-state index in [0.717, 1.165) is 4.90 Å². The van der Waals surface area contributed by atoms with Gasteiger partial charge in [0.15, 0.2) is 23.3 Å². The van der Waals surface area contributed by atoms with Crippen molar-refractivity contribution in [2.24, 2.45) is 11.8 Å². The van der Waals surface area contributed by atoms with Gasteiger partial charge in [0, 0.05) is 11.6 Å². The minimum atomic E-state index is -2.24. The minimum absolute atomic E-state index is 0.0119. The molecule has 162 valence electrons. The number of nitrogens with zero attached hydrogens (tertiary/aromatic N) is 2. The van der Waals surface area contributed by atoms with Crippen molar-refractivity contribution in [3.05, 3.63) is 70.5 Å². The Balaban J connectivity index is 1.61. The summed E-state index contributed by atoms with van der Waals surface area (Å²) < 4.78 is 70.8. The van der Waals surface area contributed by atoms with Crippen molar-refractivity contribution in [2.75, 3.05) is 6.54 Å². The fraction of sp³-hybridized carbons (Fsp3) is 0.364. The third-order valence-corrected chi connectivity index (χ3v) is 6.67. The summed E-state index contributed by atoms with van der Waals surface area (Å²) in [5.41, 5.74) is -0.334. The zero-order valence-corrected chi connectivity index (χ0v) is 16.1. The van der Waals surface area contributed by atoms with Crippen LogP contribution in [0.2, 0.25) is 0 Å². The Kier molecular flexibility index (Phi) is 4.62. The first-order valence-electron chi connectivity index (χ1n) is 9.99. The van der Waals surface area contributed by atoms with Gasteiger partial charge in [-0.05, 0) is 24.9 Å². The molecule has 3 aliphatic heterocycles. The molecule has 3 heterocycles. The van der Waals surface area contributed by atoms with E-state index >= 15 is 0 Å². The van der Waals surface area contributed by atoms with Crippen LogP contribution in [0.25, 0.3) is 0 Å². The van der Waals surface area contributed by atoms with Crippen molar-refractivity contribution < 1.29 is 31.5 Å². The van der Waals surface area contributed by atoms with Crippen LogP contribution in [-0.2, 0) is 16.1 Å². The molecule has 4 nitrogen and oxygen atoms in total. The second-order valence-electron chi connectivity index (χ2n) is 8.18. The highest BCUT2D eigenvalue weighted by molar-refractivity contribution is 6.06. The van der Waals surface area contributed by atoms with Crippen molar-refractivity contribution in [1.82, 2.24) is 9.80 Å².